The van der Waals surface area contributed by atoms with Gasteiger partial charge in [0.1, 0.15) is 11.9 Å². The van der Waals surface area contributed by atoms with E-state index in [0.29, 0.717) is 22.8 Å². The summed E-state index contributed by atoms with van der Waals surface area (Å²) in [6.45, 7) is 3.94. The predicted molar refractivity (Wildman–Crippen MR) is 146 cm³/mol. The van der Waals surface area contributed by atoms with Crippen LogP contribution in [0.2, 0.25) is 5.02 Å². The van der Waals surface area contributed by atoms with Gasteiger partial charge in [-0.15, -0.1) is 11.8 Å². The molecule has 2 amide bonds. The van der Waals surface area contributed by atoms with Crippen LogP contribution in [-0.4, -0.2) is 34.6 Å². The van der Waals surface area contributed by atoms with Crippen LogP contribution >= 0.6 is 23.4 Å². The van der Waals surface area contributed by atoms with Gasteiger partial charge in [-0.25, -0.2) is 4.39 Å². The fraction of sp³-hybridized carbons (Fsp3) is 0.310. The van der Waals surface area contributed by atoms with Crippen molar-refractivity contribution in [2.45, 2.75) is 51.1 Å². The molecule has 0 aliphatic heterocycles. The largest absolute Gasteiger partial charge is 0.352 e. The molecule has 190 valence electrons. The first-order chi connectivity index (χ1) is 17.4. The fourth-order valence-corrected chi connectivity index (χ4v) is 4.72. The van der Waals surface area contributed by atoms with E-state index in [1.807, 2.05) is 68.4 Å². The summed E-state index contributed by atoms with van der Waals surface area (Å²) in [5.74, 6) is -0.0550. The van der Waals surface area contributed by atoms with E-state index in [4.69, 9.17) is 11.6 Å². The predicted octanol–water partition coefficient (Wildman–Crippen LogP) is 6.27. The summed E-state index contributed by atoms with van der Waals surface area (Å²) in [6, 6.07) is 22.6. The standard InChI is InChI=1S/C29H32ClFN2O2S/c1-3-21(2)32-29(35)27(17-22-9-5-4-6-10-22)33(18-24-11-7-8-12-26(24)31)28(34)20-36-19-23-13-15-25(30)16-14-23/h4-16,21,27H,3,17-20H2,1-2H3,(H,32,35). The molecule has 0 heterocycles. The Hall–Kier alpha value is -2.83. The maximum atomic E-state index is 14.6. The van der Waals surface area contributed by atoms with E-state index in [2.05, 4.69) is 5.32 Å². The summed E-state index contributed by atoms with van der Waals surface area (Å²) >= 11 is 7.43. The summed E-state index contributed by atoms with van der Waals surface area (Å²) < 4.78 is 14.6. The highest BCUT2D eigenvalue weighted by molar-refractivity contribution is 7.99. The Labute approximate surface area is 222 Å². The van der Waals surface area contributed by atoms with E-state index in [1.54, 1.807) is 18.2 Å². The minimum absolute atomic E-state index is 0.0123. The van der Waals surface area contributed by atoms with E-state index in [1.165, 1.54) is 22.7 Å². The number of nitrogens with zero attached hydrogens (tertiary/aromatic N) is 1. The Kier molecular flexibility index (Phi) is 10.8. The highest BCUT2D eigenvalue weighted by Gasteiger charge is 2.31. The molecule has 4 nitrogen and oxygen atoms in total. The molecule has 0 saturated carbocycles. The second-order valence-electron chi connectivity index (χ2n) is 8.76. The molecule has 3 aromatic carbocycles. The van der Waals surface area contributed by atoms with E-state index in [9.17, 15) is 14.0 Å². The van der Waals surface area contributed by atoms with Crippen molar-refractivity contribution in [3.8, 4) is 0 Å². The van der Waals surface area contributed by atoms with Crippen molar-refractivity contribution < 1.29 is 14.0 Å². The van der Waals surface area contributed by atoms with Gasteiger partial charge in [0.2, 0.25) is 11.8 Å². The molecule has 3 aromatic rings. The van der Waals surface area contributed by atoms with E-state index < -0.39 is 11.9 Å². The topological polar surface area (TPSA) is 49.4 Å². The molecule has 36 heavy (non-hydrogen) atoms. The van der Waals surface area contributed by atoms with Gasteiger partial charge in [-0.3, -0.25) is 9.59 Å². The van der Waals surface area contributed by atoms with Crippen LogP contribution in [0.5, 0.6) is 0 Å². The number of hydrogen-bond acceptors (Lipinski definition) is 3. The second kappa shape index (κ2) is 14.0. The lowest BCUT2D eigenvalue weighted by Gasteiger charge is -2.32. The molecule has 0 aromatic heterocycles. The number of amides is 2. The third-order valence-electron chi connectivity index (χ3n) is 5.98. The Morgan fingerprint density at radius 3 is 2.31 bits per heavy atom. The normalized spacial score (nSPS) is 12.6. The molecule has 3 rings (SSSR count). The quantitative estimate of drug-likeness (QED) is 0.303. The van der Waals surface area contributed by atoms with Gasteiger partial charge in [-0.1, -0.05) is 79.2 Å². The van der Waals surface area contributed by atoms with Crippen molar-refractivity contribution >= 4 is 35.2 Å². The average molecular weight is 527 g/mol. The first-order valence-corrected chi connectivity index (χ1v) is 13.6. The van der Waals surface area contributed by atoms with Crippen LogP contribution in [0.15, 0.2) is 78.9 Å². The molecule has 2 atom stereocenters. The number of thioether (sulfide) groups is 1. The van der Waals surface area contributed by atoms with Crippen LogP contribution in [0.3, 0.4) is 0 Å². The number of rotatable bonds is 12. The summed E-state index contributed by atoms with van der Waals surface area (Å²) in [4.78, 5) is 28.5. The number of carbonyl (C=O) groups excluding carboxylic acids is 2. The Morgan fingerprint density at radius 2 is 1.64 bits per heavy atom. The molecule has 0 bridgehead atoms. The molecule has 0 radical (unpaired) electrons. The second-order valence-corrected chi connectivity index (χ2v) is 10.2. The first-order valence-electron chi connectivity index (χ1n) is 12.1. The molecule has 0 spiro atoms. The van der Waals surface area contributed by atoms with Gasteiger partial charge in [-0.2, -0.15) is 0 Å². The van der Waals surface area contributed by atoms with Gasteiger partial charge in [0.25, 0.3) is 0 Å². The first kappa shape index (κ1) is 27.8. The van der Waals surface area contributed by atoms with Gasteiger partial charge < -0.3 is 10.2 Å². The monoisotopic (exact) mass is 526 g/mol. The van der Waals surface area contributed by atoms with Crippen LogP contribution in [0.1, 0.15) is 37.0 Å². The molecular weight excluding hydrogens is 495 g/mol. The molecule has 2 unspecified atom stereocenters. The molecule has 0 fully saturated rings. The minimum atomic E-state index is -0.773. The van der Waals surface area contributed by atoms with E-state index >= 15 is 0 Å². The third kappa shape index (κ3) is 8.38. The van der Waals surface area contributed by atoms with Crippen LogP contribution in [-0.2, 0) is 28.3 Å². The lowest BCUT2D eigenvalue weighted by Crippen LogP contribution is -2.52. The maximum Gasteiger partial charge on any atom is 0.243 e. The number of hydrogen-bond donors (Lipinski definition) is 1. The van der Waals surface area contributed by atoms with E-state index in [-0.39, 0.29) is 30.2 Å². The van der Waals surface area contributed by atoms with Gasteiger partial charge >= 0.3 is 0 Å². The molecule has 0 saturated heterocycles. The minimum Gasteiger partial charge on any atom is -0.352 e. The summed E-state index contributed by atoms with van der Waals surface area (Å²) in [5.41, 5.74) is 2.36. The fourth-order valence-electron chi connectivity index (χ4n) is 3.72. The SMILES string of the molecule is CCC(C)NC(=O)C(Cc1ccccc1)N(Cc1ccccc1F)C(=O)CSCc1ccc(Cl)cc1. The third-order valence-corrected chi connectivity index (χ3v) is 7.22. The summed E-state index contributed by atoms with van der Waals surface area (Å²) in [7, 11) is 0. The Balaban J connectivity index is 1.86. The zero-order valence-electron chi connectivity index (χ0n) is 20.6. The average Bonchev–Trinajstić information content (AvgIpc) is 2.88. The number of benzene rings is 3. The van der Waals surface area contributed by atoms with Gasteiger partial charge in [0, 0.05) is 35.3 Å². The lowest BCUT2D eigenvalue weighted by molar-refractivity contribution is -0.139. The van der Waals surface area contributed by atoms with Crippen molar-refractivity contribution in [1.82, 2.24) is 10.2 Å². The van der Waals surface area contributed by atoms with Gasteiger partial charge in [0.05, 0.1) is 5.75 Å². The maximum absolute atomic E-state index is 14.6. The summed E-state index contributed by atoms with van der Waals surface area (Å²) in [5, 5.41) is 3.69. The van der Waals surface area contributed by atoms with Gasteiger partial charge in [-0.05, 0) is 42.7 Å². The van der Waals surface area contributed by atoms with Crippen molar-refractivity contribution in [2.24, 2.45) is 0 Å². The summed E-state index contributed by atoms with van der Waals surface area (Å²) in [6.07, 6.45) is 1.10. The zero-order chi connectivity index (χ0) is 25.9. The number of carbonyl (C=O) groups is 2. The zero-order valence-corrected chi connectivity index (χ0v) is 22.2. The van der Waals surface area contributed by atoms with Gasteiger partial charge in [0.15, 0.2) is 0 Å². The Bertz CT molecular complexity index is 1130. The van der Waals surface area contributed by atoms with Crippen LogP contribution in [0.4, 0.5) is 4.39 Å². The smallest absolute Gasteiger partial charge is 0.243 e. The Morgan fingerprint density at radius 1 is 0.972 bits per heavy atom. The lowest BCUT2D eigenvalue weighted by atomic mass is 10.0. The van der Waals surface area contributed by atoms with Crippen molar-refractivity contribution in [3.05, 3.63) is 106 Å². The number of halogens is 2. The van der Waals surface area contributed by atoms with E-state index in [0.717, 1.165) is 17.5 Å². The van der Waals surface area contributed by atoms with Crippen molar-refractivity contribution in [2.75, 3.05) is 5.75 Å². The highest BCUT2D eigenvalue weighted by Crippen LogP contribution is 2.20. The van der Waals surface area contributed by atoms with Crippen molar-refractivity contribution in [1.29, 1.82) is 0 Å². The molecule has 7 heteroatoms. The number of nitrogens with one attached hydrogen (secondary N) is 1. The van der Waals surface area contributed by atoms with Crippen molar-refractivity contribution in [3.63, 3.8) is 0 Å². The molecule has 0 aliphatic carbocycles. The molecular formula is C29H32ClFN2O2S. The van der Waals surface area contributed by atoms with Crippen LogP contribution in [0, 0.1) is 5.82 Å². The molecule has 0 aliphatic rings. The highest BCUT2D eigenvalue weighted by atomic mass is 35.5. The van der Waals surface area contributed by atoms with Crippen LogP contribution in [0.25, 0.3) is 0 Å². The van der Waals surface area contributed by atoms with Crippen LogP contribution < -0.4 is 5.32 Å². The molecule has 1 N–H and O–H groups in total.